The average molecular weight is 446 g/mol. The van der Waals surface area contributed by atoms with Gasteiger partial charge >= 0.3 is 6.03 Å². The number of carbonyl (C=O) groups is 3. The van der Waals surface area contributed by atoms with E-state index in [1.165, 1.54) is 0 Å². The normalized spacial score (nSPS) is 17.7. The molecule has 0 saturated carbocycles. The van der Waals surface area contributed by atoms with E-state index in [4.69, 9.17) is 14.2 Å². The summed E-state index contributed by atoms with van der Waals surface area (Å²) in [4.78, 5) is 40.6. The Morgan fingerprint density at radius 1 is 1.06 bits per heavy atom. The van der Waals surface area contributed by atoms with E-state index >= 15 is 0 Å². The number of rotatable bonds is 8. The average Bonchev–Trinajstić information content (AvgIpc) is 3.07. The Hall–Kier alpha value is -3.23. The molecule has 1 N–H and O–H groups in total. The van der Waals surface area contributed by atoms with Crippen molar-refractivity contribution < 1.29 is 28.6 Å². The zero-order valence-corrected chi connectivity index (χ0v) is 19.3. The van der Waals surface area contributed by atoms with Gasteiger partial charge in [-0.15, -0.1) is 0 Å². The molecule has 9 nitrogen and oxygen atoms in total. The molecule has 0 spiro atoms. The second-order valence-electron chi connectivity index (χ2n) is 7.84. The molecular formula is C23H31N3O6. The molecule has 0 aliphatic carbocycles. The highest BCUT2D eigenvalue weighted by Crippen LogP contribution is 2.40. The van der Waals surface area contributed by atoms with Crippen molar-refractivity contribution in [3.8, 4) is 17.2 Å². The van der Waals surface area contributed by atoms with Gasteiger partial charge in [0.15, 0.2) is 0 Å². The van der Waals surface area contributed by atoms with Crippen LogP contribution < -0.4 is 19.5 Å². The lowest BCUT2D eigenvalue weighted by Gasteiger charge is -2.29. The van der Waals surface area contributed by atoms with Crippen molar-refractivity contribution in [2.45, 2.75) is 38.6 Å². The first-order chi connectivity index (χ1) is 15.3. The van der Waals surface area contributed by atoms with E-state index in [-0.39, 0.29) is 18.4 Å². The van der Waals surface area contributed by atoms with E-state index in [0.29, 0.717) is 49.6 Å². The van der Waals surface area contributed by atoms with Crippen LogP contribution in [0.3, 0.4) is 0 Å². The molecule has 1 fully saturated rings. The van der Waals surface area contributed by atoms with Crippen LogP contribution in [0.1, 0.15) is 38.7 Å². The lowest BCUT2D eigenvalue weighted by Crippen LogP contribution is -2.47. The van der Waals surface area contributed by atoms with Gasteiger partial charge in [-0.1, -0.05) is 19.9 Å². The number of hydrogen-bond acceptors (Lipinski definition) is 6. The van der Waals surface area contributed by atoms with Crippen LogP contribution in [0.4, 0.5) is 4.79 Å². The number of amides is 4. The molecule has 0 bridgehead atoms. The second-order valence-corrected chi connectivity index (χ2v) is 7.84. The molecule has 0 unspecified atom stereocenters. The number of imide groups is 1. The van der Waals surface area contributed by atoms with Crippen LogP contribution in [-0.2, 0) is 9.59 Å². The largest absolute Gasteiger partial charge is 0.496 e. The summed E-state index contributed by atoms with van der Waals surface area (Å²) in [6, 6.07) is 3.08. The molecule has 4 amide bonds. The fraction of sp³-hybridized carbons (Fsp3) is 0.522. The molecule has 2 heterocycles. The first kappa shape index (κ1) is 23.4. The molecule has 1 aromatic carbocycles. The molecule has 0 atom stereocenters. The highest BCUT2D eigenvalue weighted by atomic mass is 16.5. The molecule has 1 aromatic rings. The molecule has 1 saturated heterocycles. The standard InChI is InChI=1S/C23H31N3O6/c1-6-23(7-2)21(28)26(22(29)24-23)14-19(27)25-10-8-15(9-11-25)20-17(31-4)12-16(30-3)13-18(20)32-5/h8,12-13H,6-7,9-11,14H2,1-5H3,(H,24,29). The van der Waals surface area contributed by atoms with Crippen molar-refractivity contribution in [3.05, 3.63) is 23.8 Å². The Bertz CT molecular complexity index is 913. The van der Waals surface area contributed by atoms with E-state index in [0.717, 1.165) is 16.0 Å². The van der Waals surface area contributed by atoms with E-state index in [9.17, 15) is 14.4 Å². The number of benzene rings is 1. The third-order valence-electron chi connectivity index (χ3n) is 6.34. The minimum atomic E-state index is -0.909. The Morgan fingerprint density at radius 2 is 1.69 bits per heavy atom. The van der Waals surface area contributed by atoms with Crippen LogP contribution in [0.5, 0.6) is 17.2 Å². The topological polar surface area (TPSA) is 97.4 Å². The minimum Gasteiger partial charge on any atom is -0.496 e. The van der Waals surface area contributed by atoms with Gasteiger partial charge in [0, 0.05) is 25.2 Å². The van der Waals surface area contributed by atoms with Crippen LogP contribution in [-0.4, -0.2) is 74.1 Å². The number of ether oxygens (including phenoxy) is 3. The smallest absolute Gasteiger partial charge is 0.325 e. The fourth-order valence-electron chi connectivity index (χ4n) is 4.23. The molecule has 2 aliphatic heterocycles. The Balaban J connectivity index is 1.74. The minimum absolute atomic E-state index is 0.259. The molecule has 3 rings (SSSR count). The van der Waals surface area contributed by atoms with Gasteiger partial charge < -0.3 is 24.4 Å². The van der Waals surface area contributed by atoms with Gasteiger partial charge in [-0.3, -0.25) is 14.5 Å². The number of methoxy groups -OCH3 is 3. The zero-order valence-electron chi connectivity index (χ0n) is 19.3. The molecule has 2 aliphatic rings. The van der Waals surface area contributed by atoms with Gasteiger partial charge in [-0.25, -0.2) is 4.79 Å². The van der Waals surface area contributed by atoms with E-state index in [2.05, 4.69) is 5.32 Å². The Labute approximate surface area is 188 Å². The van der Waals surface area contributed by atoms with Gasteiger partial charge in [0.25, 0.3) is 5.91 Å². The number of urea groups is 1. The molecule has 9 heteroatoms. The van der Waals surface area contributed by atoms with Gasteiger partial charge in [-0.2, -0.15) is 0 Å². The van der Waals surface area contributed by atoms with Crippen molar-refractivity contribution in [1.29, 1.82) is 0 Å². The van der Waals surface area contributed by atoms with E-state index in [1.807, 2.05) is 19.9 Å². The van der Waals surface area contributed by atoms with Crippen LogP contribution in [0, 0.1) is 0 Å². The van der Waals surface area contributed by atoms with Gasteiger partial charge in [0.05, 0.1) is 26.9 Å². The summed E-state index contributed by atoms with van der Waals surface area (Å²) >= 11 is 0. The summed E-state index contributed by atoms with van der Waals surface area (Å²) in [6.45, 7) is 4.27. The third-order valence-corrected chi connectivity index (χ3v) is 6.34. The lowest BCUT2D eigenvalue weighted by molar-refractivity contribution is -0.138. The summed E-state index contributed by atoms with van der Waals surface area (Å²) in [5.74, 6) is 1.28. The van der Waals surface area contributed by atoms with Crippen molar-refractivity contribution in [2.24, 2.45) is 0 Å². The summed E-state index contributed by atoms with van der Waals surface area (Å²) in [5, 5.41) is 2.75. The Morgan fingerprint density at radius 3 is 2.12 bits per heavy atom. The van der Waals surface area contributed by atoms with Gasteiger partial charge in [0.2, 0.25) is 5.91 Å². The van der Waals surface area contributed by atoms with Crippen LogP contribution in [0.25, 0.3) is 5.57 Å². The number of nitrogens with zero attached hydrogens (tertiary/aromatic N) is 2. The first-order valence-electron chi connectivity index (χ1n) is 10.7. The summed E-state index contributed by atoms with van der Waals surface area (Å²) in [7, 11) is 4.75. The maximum absolute atomic E-state index is 12.9. The monoisotopic (exact) mass is 445 g/mol. The van der Waals surface area contributed by atoms with Gasteiger partial charge in [-0.05, 0) is 24.8 Å². The highest BCUT2D eigenvalue weighted by molar-refractivity contribution is 6.09. The van der Waals surface area contributed by atoms with Crippen LogP contribution >= 0.6 is 0 Å². The summed E-state index contributed by atoms with van der Waals surface area (Å²) < 4.78 is 16.4. The first-order valence-corrected chi connectivity index (χ1v) is 10.7. The quantitative estimate of drug-likeness (QED) is 0.618. The fourth-order valence-corrected chi connectivity index (χ4v) is 4.23. The van der Waals surface area contributed by atoms with Crippen molar-refractivity contribution in [2.75, 3.05) is 41.0 Å². The number of carbonyl (C=O) groups excluding carboxylic acids is 3. The molecule has 0 radical (unpaired) electrons. The second kappa shape index (κ2) is 9.50. The van der Waals surface area contributed by atoms with Crippen molar-refractivity contribution >= 4 is 23.4 Å². The Kier molecular flexibility index (Phi) is 6.96. The van der Waals surface area contributed by atoms with Crippen LogP contribution in [0.15, 0.2) is 18.2 Å². The SMILES string of the molecule is CCC1(CC)NC(=O)N(CC(=O)N2CC=C(c3c(OC)cc(OC)cc3OC)CC2)C1=O. The van der Waals surface area contributed by atoms with Gasteiger partial charge in [0.1, 0.15) is 29.3 Å². The van der Waals surface area contributed by atoms with Crippen molar-refractivity contribution in [3.63, 3.8) is 0 Å². The van der Waals surface area contributed by atoms with Crippen molar-refractivity contribution in [1.82, 2.24) is 15.1 Å². The maximum atomic E-state index is 12.9. The van der Waals surface area contributed by atoms with E-state index in [1.54, 1.807) is 38.4 Å². The molecule has 0 aromatic heterocycles. The summed E-state index contributed by atoms with van der Waals surface area (Å²) in [5.41, 5.74) is 0.914. The third kappa shape index (κ3) is 4.11. The number of hydrogen-bond donors (Lipinski definition) is 1. The maximum Gasteiger partial charge on any atom is 0.325 e. The molecular weight excluding hydrogens is 414 g/mol. The lowest BCUT2D eigenvalue weighted by atomic mass is 9.93. The van der Waals surface area contributed by atoms with Crippen LogP contribution in [0.2, 0.25) is 0 Å². The highest BCUT2D eigenvalue weighted by Gasteiger charge is 2.49. The predicted molar refractivity (Wildman–Crippen MR) is 119 cm³/mol. The number of nitrogens with one attached hydrogen (secondary N) is 1. The zero-order chi connectivity index (χ0) is 23.5. The summed E-state index contributed by atoms with van der Waals surface area (Å²) in [6.07, 6.45) is 3.50. The molecule has 174 valence electrons. The molecule has 32 heavy (non-hydrogen) atoms. The predicted octanol–water partition coefficient (Wildman–Crippen LogP) is 2.44. The van der Waals surface area contributed by atoms with E-state index < -0.39 is 11.6 Å².